The van der Waals surface area contributed by atoms with Crippen LogP contribution in [-0.4, -0.2) is 61.9 Å². The van der Waals surface area contributed by atoms with Crippen LogP contribution >= 0.6 is 11.6 Å². The molecule has 2 saturated heterocycles. The maximum Gasteiger partial charge on any atom is 0.156 e. The van der Waals surface area contributed by atoms with Crippen molar-refractivity contribution < 1.29 is 18.2 Å². The second-order valence-corrected chi connectivity index (χ2v) is 10.4. The van der Waals surface area contributed by atoms with Gasteiger partial charge in [-0.15, -0.1) is 0 Å². The van der Waals surface area contributed by atoms with Gasteiger partial charge in [0.15, 0.2) is 9.84 Å². The summed E-state index contributed by atoms with van der Waals surface area (Å²) < 4.78 is 25.3. The van der Waals surface area contributed by atoms with Crippen LogP contribution in [0.3, 0.4) is 0 Å². The van der Waals surface area contributed by atoms with Crippen LogP contribution in [-0.2, 0) is 16.4 Å². The van der Waals surface area contributed by atoms with E-state index in [4.69, 9.17) is 11.6 Å². The second kappa shape index (κ2) is 7.54. The average Bonchev–Trinajstić information content (AvgIpc) is 3.17. The van der Waals surface area contributed by atoms with Gasteiger partial charge in [-0.25, -0.2) is 13.1 Å². The molecule has 2 aromatic rings. The number of sulfone groups is 1. The van der Waals surface area contributed by atoms with Crippen LogP contribution in [0.4, 0.5) is 0 Å². The van der Waals surface area contributed by atoms with Crippen molar-refractivity contribution in [3.8, 4) is 5.69 Å². The van der Waals surface area contributed by atoms with Crippen molar-refractivity contribution in [2.45, 2.75) is 25.9 Å². The summed E-state index contributed by atoms with van der Waals surface area (Å²) >= 11 is 6.66. The van der Waals surface area contributed by atoms with E-state index in [0.29, 0.717) is 22.7 Å². The second-order valence-electron chi connectivity index (χ2n) is 7.79. The van der Waals surface area contributed by atoms with Crippen LogP contribution in [0, 0.1) is 6.92 Å². The highest BCUT2D eigenvalue weighted by molar-refractivity contribution is 7.91. The molecule has 2 N–H and O–H groups in total. The highest BCUT2D eigenvalue weighted by Crippen LogP contribution is 2.22. The quantitative estimate of drug-likeness (QED) is 0.701. The molecule has 3 heterocycles. The molecule has 27 heavy (non-hydrogen) atoms. The van der Waals surface area contributed by atoms with Crippen molar-refractivity contribution >= 4 is 21.4 Å². The lowest BCUT2D eigenvalue weighted by Gasteiger charge is -2.32. The fraction of sp³-hybridized carbons (Fsp3) is 0.526. The summed E-state index contributed by atoms with van der Waals surface area (Å²) in [5, 5.41) is 5.34. The topological polar surface area (TPSA) is 60.8 Å². The number of rotatable bonds is 4. The lowest BCUT2D eigenvalue weighted by molar-refractivity contribution is -1.03. The van der Waals surface area contributed by atoms with Gasteiger partial charge in [0.05, 0.1) is 22.7 Å². The Bertz CT molecular complexity index is 905. The van der Waals surface area contributed by atoms with Crippen molar-refractivity contribution in [3.63, 3.8) is 0 Å². The standard InChI is InChI=1S/C19H25ClN4O2S/c1-15-18(19(20)24(21-15)16-5-3-2-4-6-16)13-22-8-10-23(11-9-22)17-7-12-27(25,26)14-17/h2-6,17H,7-14H2,1H3/p+2/t17-/m0/s1. The van der Waals surface area contributed by atoms with E-state index in [1.165, 1.54) is 9.80 Å². The normalized spacial score (nSPS) is 27.7. The van der Waals surface area contributed by atoms with E-state index in [1.54, 1.807) is 0 Å². The minimum atomic E-state index is -2.80. The van der Waals surface area contributed by atoms with E-state index < -0.39 is 9.84 Å². The summed E-state index contributed by atoms with van der Waals surface area (Å²) in [5.74, 6) is 0.734. The third-order valence-electron chi connectivity index (χ3n) is 5.96. The highest BCUT2D eigenvalue weighted by Gasteiger charge is 2.38. The molecule has 0 bridgehead atoms. The monoisotopic (exact) mass is 410 g/mol. The number of halogens is 1. The first-order valence-corrected chi connectivity index (χ1v) is 11.8. The molecule has 2 fully saturated rings. The van der Waals surface area contributed by atoms with Gasteiger partial charge in [0.2, 0.25) is 0 Å². The molecule has 4 rings (SSSR count). The van der Waals surface area contributed by atoms with Crippen molar-refractivity contribution in [2.24, 2.45) is 0 Å². The zero-order chi connectivity index (χ0) is 19.0. The number of hydrogen-bond acceptors (Lipinski definition) is 3. The number of quaternary nitrogens is 2. The van der Waals surface area contributed by atoms with Gasteiger partial charge < -0.3 is 9.80 Å². The zero-order valence-corrected chi connectivity index (χ0v) is 17.2. The van der Waals surface area contributed by atoms with Gasteiger partial charge in [-0.2, -0.15) is 5.10 Å². The molecule has 6 nitrogen and oxygen atoms in total. The fourth-order valence-electron chi connectivity index (χ4n) is 4.35. The Balaban J connectivity index is 1.40. The minimum Gasteiger partial charge on any atom is -0.322 e. The first-order chi connectivity index (χ1) is 12.9. The van der Waals surface area contributed by atoms with Crippen LogP contribution in [0.25, 0.3) is 5.69 Å². The summed E-state index contributed by atoms with van der Waals surface area (Å²) in [6, 6.07) is 10.3. The number of aryl methyl sites for hydroxylation is 1. The first-order valence-electron chi connectivity index (χ1n) is 9.61. The van der Waals surface area contributed by atoms with Crippen molar-refractivity contribution in [3.05, 3.63) is 46.7 Å². The van der Waals surface area contributed by atoms with Gasteiger partial charge in [0.1, 0.15) is 49.7 Å². The predicted octanol–water partition coefficient (Wildman–Crippen LogP) is -0.695. The average molecular weight is 411 g/mol. The molecule has 0 radical (unpaired) electrons. The number of benzene rings is 1. The summed E-state index contributed by atoms with van der Waals surface area (Å²) in [6.45, 7) is 7.02. The smallest absolute Gasteiger partial charge is 0.156 e. The predicted molar refractivity (Wildman–Crippen MR) is 105 cm³/mol. The van der Waals surface area contributed by atoms with E-state index in [9.17, 15) is 8.42 Å². The van der Waals surface area contributed by atoms with Gasteiger partial charge in [-0.3, -0.25) is 0 Å². The van der Waals surface area contributed by atoms with Crippen molar-refractivity contribution in [2.75, 3.05) is 37.7 Å². The lowest BCUT2D eigenvalue weighted by Crippen LogP contribution is -3.29. The highest BCUT2D eigenvalue weighted by atomic mass is 35.5. The Hall–Kier alpha value is -1.41. The molecule has 1 aromatic heterocycles. The molecule has 0 saturated carbocycles. The Labute approximate surface area is 165 Å². The SMILES string of the molecule is Cc1nn(-c2ccccc2)c(Cl)c1C[NH+]1CC[NH+]([C@H]2CCS(=O)(=O)C2)CC1. The van der Waals surface area contributed by atoms with Crippen LogP contribution in [0.5, 0.6) is 0 Å². The number of nitrogens with zero attached hydrogens (tertiary/aromatic N) is 2. The molecule has 0 amide bonds. The molecule has 2 aliphatic rings. The summed E-state index contributed by atoms with van der Waals surface area (Å²) in [4.78, 5) is 2.96. The minimum absolute atomic E-state index is 0.294. The third kappa shape index (κ3) is 4.06. The molecule has 8 heteroatoms. The molecule has 1 aromatic carbocycles. The van der Waals surface area contributed by atoms with E-state index >= 15 is 0 Å². The number of para-hydroxylation sites is 1. The van der Waals surface area contributed by atoms with E-state index in [0.717, 1.165) is 56.1 Å². The maximum absolute atomic E-state index is 11.7. The van der Waals surface area contributed by atoms with Crippen LogP contribution < -0.4 is 9.80 Å². The number of aromatic nitrogens is 2. The summed E-state index contributed by atoms with van der Waals surface area (Å²) in [7, 11) is -2.80. The fourth-order valence-corrected chi connectivity index (χ4v) is 6.51. The molecule has 0 unspecified atom stereocenters. The molecular formula is C19H27ClN4O2S+2. The Kier molecular flexibility index (Phi) is 5.29. The van der Waals surface area contributed by atoms with Crippen LogP contribution in [0.1, 0.15) is 17.7 Å². The van der Waals surface area contributed by atoms with E-state index in [2.05, 4.69) is 5.10 Å². The van der Waals surface area contributed by atoms with Gasteiger partial charge in [-0.05, 0) is 19.1 Å². The molecule has 1 atom stereocenters. The third-order valence-corrected chi connectivity index (χ3v) is 8.11. The van der Waals surface area contributed by atoms with Gasteiger partial charge in [0.25, 0.3) is 0 Å². The number of hydrogen-bond donors (Lipinski definition) is 2. The molecule has 2 aliphatic heterocycles. The largest absolute Gasteiger partial charge is 0.322 e. The van der Waals surface area contributed by atoms with Crippen LogP contribution in [0.2, 0.25) is 5.15 Å². The molecular weight excluding hydrogens is 384 g/mol. The maximum atomic E-state index is 11.7. The first kappa shape index (κ1) is 18.9. The van der Waals surface area contributed by atoms with Gasteiger partial charge in [0, 0.05) is 6.42 Å². The number of piperazine rings is 1. The zero-order valence-electron chi connectivity index (χ0n) is 15.6. The van der Waals surface area contributed by atoms with Crippen molar-refractivity contribution in [1.29, 1.82) is 0 Å². The summed E-state index contributed by atoms with van der Waals surface area (Å²) in [6.07, 6.45) is 0.821. The number of nitrogens with one attached hydrogen (secondary N) is 2. The van der Waals surface area contributed by atoms with Crippen molar-refractivity contribution in [1.82, 2.24) is 9.78 Å². The van der Waals surface area contributed by atoms with Gasteiger partial charge >= 0.3 is 0 Å². The Morgan fingerprint density at radius 1 is 1.19 bits per heavy atom. The van der Waals surface area contributed by atoms with Gasteiger partial charge in [-0.1, -0.05) is 29.8 Å². The Morgan fingerprint density at radius 2 is 1.89 bits per heavy atom. The van der Waals surface area contributed by atoms with Crippen LogP contribution in [0.15, 0.2) is 30.3 Å². The molecule has 146 valence electrons. The van der Waals surface area contributed by atoms with E-state index in [1.807, 2.05) is 41.9 Å². The molecule has 0 aliphatic carbocycles. The Morgan fingerprint density at radius 3 is 2.52 bits per heavy atom. The van der Waals surface area contributed by atoms with E-state index in [-0.39, 0.29) is 0 Å². The summed E-state index contributed by atoms with van der Waals surface area (Å²) in [5.41, 5.74) is 3.07. The molecule has 0 spiro atoms. The lowest BCUT2D eigenvalue weighted by atomic mass is 10.1.